The van der Waals surface area contributed by atoms with E-state index in [1.165, 1.54) is 29.3 Å². The molecule has 1 aromatic carbocycles. The Balaban J connectivity index is 1.73. The second-order valence-corrected chi connectivity index (χ2v) is 8.09. The van der Waals surface area contributed by atoms with Crippen molar-refractivity contribution in [3.05, 3.63) is 33.8 Å². The van der Waals surface area contributed by atoms with Crippen LogP contribution in [-0.4, -0.2) is 5.78 Å². The zero-order valence-corrected chi connectivity index (χ0v) is 13.6. The second kappa shape index (κ2) is 4.43. The number of Topliss-reactive ketones (excluding diaryl/α,β-unsaturated/α-hetero) is 1. The van der Waals surface area contributed by atoms with E-state index < -0.39 is 0 Å². The molecular formula is C18H21BrO. The first-order valence-electron chi connectivity index (χ1n) is 7.91. The summed E-state index contributed by atoms with van der Waals surface area (Å²) in [5.41, 5.74) is 3.12. The van der Waals surface area contributed by atoms with Gasteiger partial charge in [-0.25, -0.2) is 0 Å². The van der Waals surface area contributed by atoms with Crippen LogP contribution in [-0.2, 0) is 11.2 Å². The highest BCUT2D eigenvalue weighted by Crippen LogP contribution is 2.59. The van der Waals surface area contributed by atoms with E-state index in [0.29, 0.717) is 17.6 Å². The Kier molecular flexibility index (Phi) is 2.89. The van der Waals surface area contributed by atoms with Gasteiger partial charge in [0.15, 0.2) is 0 Å². The first-order chi connectivity index (χ1) is 9.59. The lowest BCUT2D eigenvalue weighted by Crippen LogP contribution is -2.42. The summed E-state index contributed by atoms with van der Waals surface area (Å²) in [4.78, 5) is 12.3. The molecule has 0 saturated heterocycles. The number of halogens is 1. The molecule has 4 rings (SSSR count). The second-order valence-electron chi connectivity index (χ2n) is 7.18. The lowest BCUT2D eigenvalue weighted by molar-refractivity contribution is -0.129. The van der Waals surface area contributed by atoms with Crippen molar-refractivity contribution in [3.8, 4) is 0 Å². The molecule has 0 aromatic heterocycles. The number of fused-ring (bicyclic) bond motifs is 5. The van der Waals surface area contributed by atoms with Crippen molar-refractivity contribution in [2.75, 3.05) is 0 Å². The lowest BCUT2D eigenvalue weighted by Gasteiger charge is -2.48. The van der Waals surface area contributed by atoms with Crippen LogP contribution in [0, 0.1) is 17.3 Å². The van der Waals surface area contributed by atoms with Crippen LogP contribution in [0.3, 0.4) is 0 Å². The van der Waals surface area contributed by atoms with Crippen LogP contribution >= 0.6 is 15.9 Å². The smallest absolute Gasteiger partial charge is 0.139 e. The van der Waals surface area contributed by atoms with Gasteiger partial charge in [-0.1, -0.05) is 28.9 Å². The predicted molar refractivity (Wildman–Crippen MR) is 83.8 cm³/mol. The Morgan fingerprint density at radius 2 is 2.05 bits per heavy atom. The van der Waals surface area contributed by atoms with Gasteiger partial charge in [0.25, 0.3) is 0 Å². The maximum atomic E-state index is 12.3. The highest BCUT2D eigenvalue weighted by Gasteiger charge is 2.54. The molecule has 106 valence electrons. The predicted octanol–water partition coefficient (Wildman–Crippen LogP) is 4.87. The minimum absolute atomic E-state index is 0.00797. The quantitative estimate of drug-likeness (QED) is 0.662. The highest BCUT2D eigenvalue weighted by atomic mass is 79.9. The van der Waals surface area contributed by atoms with Crippen molar-refractivity contribution in [2.45, 2.75) is 51.4 Å². The Morgan fingerprint density at radius 1 is 1.20 bits per heavy atom. The van der Waals surface area contributed by atoms with Crippen LogP contribution < -0.4 is 0 Å². The fourth-order valence-corrected chi connectivity index (χ4v) is 5.73. The molecule has 1 aromatic rings. The van der Waals surface area contributed by atoms with Gasteiger partial charge in [0, 0.05) is 16.3 Å². The molecule has 4 atom stereocenters. The summed E-state index contributed by atoms with van der Waals surface area (Å²) in [6, 6.07) is 6.82. The molecule has 3 aliphatic rings. The van der Waals surface area contributed by atoms with E-state index in [0.717, 1.165) is 25.2 Å². The van der Waals surface area contributed by atoms with Gasteiger partial charge >= 0.3 is 0 Å². The van der Waals surface area contributed by atoms with E-state index in [-0.39, 0.29) is 5.41 Å². The van der Waals surface area contributed by atoms with Gasteiger partial charge in [-0.3, -0.25) is 4.79 Å². The number of hydrogen-bond acceptors (Lipinski definition) is 1. The Labute approximate surface area is 129 Å². The molecule has 2 unspecified atom stereocenters. The molecule has 0 N–H and O–H groups in total. The van der Waals surface area contributed by atoms with Gasteiger partial charge in [-0.2, -0.15) is 0 Å². The van der Waals surface area contributed by atoms with Crippen LogP contribution in [0.25, 0.3) is 0 Å². The van der Waals surface area contributed by atoms with Gasteiger partial charge in [0.05, 0.1) is 0 Å². The van der Waals surface area contributed by atoms with Gasteiger partial charge in [0.2, 0.25) is 0 Å². The van der Waals surface area contributed by atoms with Gasteiger partial charge in [-0.15, -0.1) is 0 Å². The summed E-state index contributed by atoms with van der Waals surface area (Å²) in [7, 11) is 0. The number of carbonyl (C=O) groups excluding carboxylic acids is 1. The van der Waals surface area contributed by atoms with Gasteiger partial charge in [0.1, 0.15) is 5.78 Å². The number of ketones is 1. The lowest BCUT2D eigenvalue weighted by atomic mass is 9.55. The molecule has 20 heavy (non-hydrogen) atoms. The Bertz CT molecular complexity index is 579. The monoisotopic (exact) mass is 332 g/mol. The van der Waals surface area contributed by atoms with Crippen LogP contribution in [0.1, 0.15) is 56.1 Å². The summed E-state index contributed by atoms with van der Waals surface area (Å²) in [5.74, 6) is 2.64. The highest BCUT2D eigenvalue weighted by molar-refractivity contribution is 9.10. The number of benzene rings is 1. The summed E-state index contributed by atoms with van der Waals surface area (Å²) in [5, 5.41) is 0. The van der Waals surface area contributed by atoms with Crippen LogP contribution in [0.2, 0.25) is 0 Å². The van der Waals surface area contributed by atoms with Crippen molar-refractivity contribution >= 4 is 21.7 Å². The summed E-state index contributed by atoms with van der Waals surface area (Å²) >= 11 is 3.60. The molecule has 0 bridgehead atoms. The van der Waals surface area contributed by atoms with E-state index in [1.807, 2.05) is 0 Å². The maximum absolute atomic E-state index is 12.3. The number of rotatable bonds is 0. The summed E-state index contributed by atoms with van der Waals surface area (Å²) < 4.78 is 1.20. The van der Waals surface area contributed by atoms with E-state index in [2.05, 4.69) is 41.1 Å². The normalized spacial score (nSPS) is 39.1. The molecule has 2 fully saturated rings. The van der Waals surface area contributed by atoms with Crippen LogP contribution in [0.5, 0.6) is 0 Å². The molecule has 2 saturated carbocycles. The van der Waals surface area contributed by atoms with Gasteiger partial charge < -0.3 is 0 Å². The van der Waals surface area contributed by atoms with Crippen LogP contribution in [0.15, 0.2) is 22.7 Å². The summed E-state index contributed by atoms with van der Waals surface area (Å²) in [6.45, 7) is 2.25. The SMILES string of the molecule is CC12CC[C@@H]3c4ccc(Br)cc4CCC3[C@@H]1CCC2=O. The van der Waals surface area contributed by atoms with Gasteiger partial charge in [-0.05, 0) is 73.1 Å². The standard InChI is InChI=1S/C18H21BrO/c1-18-9-8-14-13-5-3-12(19)10-11(13)2-4-15(14)16(18)6-7-17(18)20/h3,5,10,14-16H,2,4,6-9H2,1H3/t14-,15?,16+,18?/m1/s1. The number of hydrogen-bond donors (Lipinski definition) is 0. The zero-order chi connectivity index (χ0) is 13.9. The van der Waals surface area contributed by atoms with E-state index in [4.69, 9.17) is 0 Å². The zero-order valence-electron chi connectivity index (χ0n) is 12.0. The number of aryl methyl sites for hydroxylation is 1. The van der Waals surface area contributed by atoms with Crippen molar-refractivity contribution < 1.29 is 4.79 Å². The van der Waals surface area contributed by atoms with E-state index in [1.54, 1.807) is 5.56 Å². The van der Waals surface area contributed by atoms with Crippen molar-refractivity contribution in [1.82, 2.24) is 0 Å². The fraction of sp³-hybridized carbons (Fsp3) is 0.611. The van der Waals surface area contributed by atoms with Crippen molar-refractivity contribution in [2.24, 2.45) is 17.3 Å². The third-order valence-electron chi connectivity index (χ3n) is 6.40. The average Bonchev–Trinajstić information content (AvgIpc) is 2.74. The van der Waals surface area contributed by atoms with Crippen LogP contribution in [0.4, 0.5) is 0 Å². The Hall–Kier alpha value is -0.630. The minimum Gasteiger partial charge on any atom is -0.299 e. The topological polar surface area (TPSA) is 17.1 Å². The average molecular weight is 333 g/mol. The maximum Gasteiger partial charge on any atom is 0.139 e. The van der Waals surface area contributed by atoms with Crippen molar-refractivity contribution in [1.29, 1.82) is 0 Å². The molecule has 0 amide bonds. The first-order valence-corrected chi connectivity index (χ1v) is 8.70. The molecule has 0 heterocycles. The van der Waals surface area contributed by atoms with E-state index in [9.17, 15) is 4.79 Å². The molecule has 1 nitrogen and oxygen atoms in total. The molecule has 0 spiro atoms. The van der Waals surface area contributed by atoms with Crippen molar-refractivity contribution in [3.63, 3.8) is 0 Å². The van der Waals surface area contributed by atoms with E-state index >= 15 is 0 Å². The molecule has 0 aliphatic heterocycles. The third-order valence-corrected chi connectivity index (χ3v) is 6.89. The molecule has 3 aliphatic carbocycles. The minimum atomic E-state index is 0.00797. The Morgan fingerprint density at radius 3 is 2.90 bits per heavy atom. The first kappa shape index (κ1) is 13.1. The fourth-order valence-electron chi connectivity index (χ4n) is 5.32. The third kappa shape index (κ3) is 1.70. The molecule has 2 heteroatoms. The largest absolute Gasteiger partial charge is 0.299 e. The molecule has 0 radical (unpaired) electrons. The molecular weight excluding hydrogens is 312 g/mol. The summed E-state index contributed by atoms with van der Waals surface area (Å²) in [6.07, 6.45) is 6.75. The number of carbonyl (C=O) groups is 1.